The molecule has 1 saturated heterocycles. The van der Waals surface area contributed by atoms with Gasteiger partial charge in [-0.05, 0) is 30.9 Å². The highest BCUT2D eigenvalue weighted by Crippen LogP contribution is 2.32. The van der Waals surface area contributed by atoms with Gasteiger partial charge in [0, 0.05) is 13.1 Å². The lowest BCUT2D eigenvalue weighted by Gasteiger charge is -2.13. The van der Waals surface area contributed by atoms with Crippen LogP contribution in [0.2, 0.25) is 0 Å². The zero-order chi connectivity index (χ0) is 10.8. The number of carboxylic acids is 1. The Kier molecular flexibility index (Phi) is 2.95. The summed E-state index contributed by atoms with van der Waals surface area (Å²) in [5, 5.41) is 10.2. The molecule has 1 aromatic heterocycles. The van der Waals surface area contributed by atoms with Crippen molar-refractivity contribution in [2.75, 3.05) is 18.0 Å². The van der Waals surface area contributed by atoms with Gasteiger partial charge in [0.15, 0.2) is 0 Å². The summed E-state index contributed by atoms with van der Waals surface area (Å²) in [5.74, 6) is -0.790. The van der Waals surface area contributed by atoms with E-state index in [2.05, 4.69) is 4.90 Å². The number of hydrogen-bond donors (Lipinski definition) is 1. The standard InChI is InChI=1S/C11H15NO2S/c1-2-8-7-9(12-5-3-4-6-12)15-10(8)11(13)14/h7H,2-6H2,1H3,(H,13,14). The van der Waals surface area contributed by atoms with Crippen LogP contribution in [-0.2, 0) is 6.42 Å². The van der Waals surface area contributed by atoms with Crippen LogP contribution in [0.4, 0.5) is 5.00 Å². The fourth-order valence-corrected chi connectivity index (χ4v) is 3.09. The summed E-state index contributed by atoms with van der Waals surface area (Å²) in [6, 6.07) is 2.04. The smallest absolute Gasteiger partial charge is 0.346 e. The topological polar surface area (TPSA) is 40.5 Å². The van der Waals surface area contributed by atoms with E-state index in [1.807, 2.05) is 13.0 Å². The monoisotopic (exact) mass is 225 g/mol. The highest BCUT2D eigenvalue weighted by atomic mass is 32.1. The molecule has 15 heavy (non-hydrogen) atoms. The lowest BCUT2D eigenvalue weighted by atomic mass is 10.2. The molecule has 0 spiro atoms. The molecule has 0 saturated carbocycles. The Labute approximate surface area is 93.3 Å². The van der Waals surface area contributed by atoms with Gasteiger partial charge in [0.2, 0.25) is 0 Å². The van der Waals surface area contributed by atoms with Gasteiger partial charge in [-0.1, -0.05) is 6.92 Å². The SMILES string of the molecule is CCc1cc(N2CCCC2)sc1C(=O)O. The molecule has 2 heterocycles. The third-order valence-corrected chi connectivity index (χ3v) is 4.01. The van der Waals surface area contributed by atoms with E-state index in [0.717, 1.165) is 30.1 Å². The summed E-state index contributed by atoms with van der Waals surface area (Å²) in [5.41, 5.74) is 0.967. The highest BCUT2D eigenvalue weighted by molar-refractivity contribution is 7.18. The molecule has 1 N–H and O–H groups in total. The third-order valence-electron chi connectivity index (χ3n) is 2.79. The average Bonchev–Trinajstić information content (AvgIpc) is 2.86. The molecular formula is C11H15NO2S. The van der Waals surface area contributed by atoms with Gasteiger partial charge < -0.3 is 10.0 Å². The summed E-state index contributed by atoms with van der Waals surface area (Å²) in [6.45, 7) is 4.15. The molecule has 82 valence electrons. The fourth-order valence-electron chi connectivity index (χ4n) is 1.95. The molecule has 0 amide bonds. The number of carboxylic acid groups (broad SMARTS) is 1. The second kappa shape index (κ2) is 4.23. The summed E-state index contributed by atoms with van der Waals surface area (Å²) >= 11 is 1.42. The first-order valence-corrected chi connectivity index (χ1v) is 6.15. The van der Waals surface area contributed by atoms with Crippen LogP contribution in [0.1, 0.15) is 35.0 Å². The Morgan fingerprint density at radius 3 is 2.67 bits per heavy atom. The van der Waals surface area contributed by atoms with Gasteiger partial charge in [-0.3, -0.25) is 0 Å². The van der Waals surface area contributed by atoms with Crippen molar-refractivity contribution in [2.45, 2.75) is 26.2 Å². The van der Waals surface area contributed by atoms with Crippen molar-refractivity contribution >= 4 is 22.3 Å². The Morgan fingerprint density at radius 2 is 2.20 bits per heavy atom. The molecule has 1 aliphatic heterocycles. The number of rotatable bonds is 3. The van der Waals surface area contributed by atoms with Crippen LogP contribution in [0, 0.1) is 0 Å². The van der Waals surface area contributed by atoms with Crippen LogP contribution in [0.5, 0.6) is 0 Å². The van der Waals surface area contributed by atoms with Gasteiger partial charge in [0.05, 0.1) is 5.00 Å². The first kappa shape index (κ1) is 10.5. The number of carbonyl (C=O) groups is 1. The van der Waals surface area contributed by atoms with Crippen molar-refractivity contribution in [3.63, 3.8) is 0 Å². The van der Waals surface area contributed by atoms with Crippen LogP contribution < -0.4 is 4.90 Å². The fraction of sp³-hybridized carbons (Fsp3) is 0.545. The van der Waals surface area contributed by atoms with Crippen molar-refractivity contribution in [1.82, 2.24) is 0 Å². The van der Waals surface area contributed by atoms with Crippen LogP contribution >= 0.6 is 11.3 Å². The van der Waals surface area contributed by atoms with Crippen molar-refractivity contribution in [3.8, 4) is 0 Å². The number of aryl methyl sites for hydroxylation is 1. The molecule has 0 unspecified atom stereocenters. The molecule has 0 aliphatic carbocycles. The Bertz CT molecular complexity index is 367. The number of hydrogen-bond acceptors (Lipinski definition) is 3. The van der Waals surface area contributed by atoms with E-state index < -0.39 is 5.97 Å². The van der Waals surface area contributed by atoms with Gasteiger partial charge in [0.1, 0.15) is 4.88 Å². The van der Waals surface area contributed by atoms with Crippen LogP contribution in [0.3, 0.4) is 0 Å². The molecule has 3 nitrogen and oxygen atoms in total. The van der Waals surface area contributed by atoms with Gasteiger partial charge in [-0.15, -0.1) is 11.3 Å². The van der Waals surface area contributed by atoms with Crippen molar-refractivity contribution < 1.29 is 9.90 Å². The Balaban J connectivity index is 2.29. The van der Waals surface area contributed by atoms with Gasteiger partial charge in [0.25, 0.3) is 0 Å². The molecule has 0 bridgehead atoms. The van der Waals surface area contributed by atoms with Crippen LogP contribution in [-0.4, -0.2) is 24.2 Å². The number of nitrogens with zero attached hydrogens (tertiary/aromatic N) is 1. The van der Waals surface area contributed by atoms with E-state index >= 15 is 0 Å². The first-order valence-electron chi connectivity index (χ1n) is 5.33. The van der Waals surface area contributed by atoms with Crippen LogP contribution in [0.25, 0.3) is 0 Å². The van der Waals surface area contributed by atoms with Crippen molar-refractivity contribution in [2.24, 2.45) is 0 Å². The normalized spacial score (nSPS) is 15.9. The summed E-state index contributed by atoms with van der Waals surface area (Å²) < 4.78 is 0. The highest BCUT2D eigenvalue weighted by Gasteiger charge is 2.19. The summed E-state index contributed by atoms with van der Waals surface area (Å²) in [6.07, 6.45) is 3.25. The molecule has 0 radical (unpaired) electrons. The molecule has 1 fully saturated rings. The third kappa shape index (κ3) is 2.00. The maximum atomic E-state index is 11.0. The Morgan fingerprint density at radius 1 is 1.53 bits per heavy atom. The number of aromatic carboxylic acids is 1. The maximum absolute atomic E-state index is 11.0. The maximum Gasteiger partial charge on any atom is 0.346 e. The van der Waals surface area contributed by atoms with Crippen molar-refractivity contribution in [1.29, 1.82) is 0 Å². The van der Waals surface area contributed by atoms with Crippen LogP contribution in [0.15, 0.2) is 6.07 Å². The predicted molar refractivity (Wildman–Crippen MR) is 62.1 cm³/mol. The molecule has 0 atom stereocenters. The van der Waals surface area contributed by atoms with E-state index in [-0.39, 0.29) is 0 Å². The lowest BCUT2D eigenvalue weighted by molar-refractivity contribution is 0.0701. The number of thiophene rings is 1. The van der Waals surface area contributed by atoms with E-state index in [1.165, 1.54) is 24.2 Å². The van der Waals surface area contributed by atoms with E-state index in [4.69, 9.17) is 5.11 Å². The second-order valence-electron chi connectivity index (χ2n) is 3.79. The minimum Gasteiger partial charge on any atom is -0.477 e. The minimum atomic E-state index is -0.790. The van der Waals surface area contributed by atoms with Gasteiger partial charge in [-0.2, -0.15) is 0 Å². The van der Waals surface area contributed by atoms with Crippen molar-refractivity contribution in [3.05, 3.63) is 16.5 Å². The largest absolute Gasteiger partial charge is 0.477 e. The lowest BCUT2D eigenvalue weighted by Crippen LogP contribution is -2.15. The molecule has 2 rings (SSSR count). The van der Waals surface area contributed by atoms with E-state index in [1.54, 1.807) is 0 Å². The Hall–Kier alpha value is -1.03. The predicted octanol–water partition coefficient (Wildman–Crippen LogP) is 2.61. The zero-order valence-corrected chi connectivity index (χ0v) is 9.64. The van der Waals surface area contributed by atoms with E-state index in [0.29, 0.717) is 4.88 Å². The second-order valence-corrected chi connectivity index (χ2v) is 4.82. The van der Waals surface area contributed by atoms with E-state index in [9.17, 15) is 4.79 Å². The molecule has 4 heteroatoms. The van der Waals surface area contributed by atoms with Gasteiger partial charge in [-0.25, -0.2) is 4.79 Å². The summed E-state index contributed by atoms with van der Waals surface area (Å²) in [7, 11) is 0. The molecule has 0 aromatic carbocycles. The summed E-state index contributed by atoms with van der Waals surface area (Å²) in [4.78, 5) is 13.8. The zero-order valence-electron chi connectivity index (χ0n) is 8.82. The number of anilines is 1. The average molecular weight is 225 g/mol. The minimum absolute atomic E-state index is 0.513. The molecule has 1 aliphatic rings. The quantitative estimate of drug-likeness (QED) is 0.859. The first-order chi connectivity index (χ1) is 7.22. The molecule has 1 aromatic rings. The van der Waals surface area contributed by atoms with Gasteiger partial charge >= 0.3 is 5.97 Å². The molecular weight excluding hydrogens is 210 g/mol.